The van der Waals surface area contributed by atoms with Crippen molar-refractivity contribution < 1.29 is 4.79 Å². The predicted molar refractivity (Wildman–Crippen MR) is 55.8 cm³/mol. The van der Waals surface area contributed by atoms with Gasteiger partial charge >= 0.3 is 0 Å². The topological polar surface area (TPSA) is 29.1 Å². The number of carbonyl (C=O) groups excluding carboxylic acids is 1. The maximum Gasteiger partial charge on any atom is 0.221 e. The van der Waals surface area contributed by atoms with Gasteiger partial charge in [0.15, 0.2) is 0 Å². The number of carbonyl (C=O) groups is 1. The Morgan fingerprint density at radius 2 is 1.69 bits per heavy atom. The van der Waals surface area contributed by atoms with Crippen LogP contribution in [0.2, 0.25) is 15.1 Å². The molecule has 5 heteroatoms. The van der Waals surface area contributed by atoms with Crippen molar-refractivity contribution in [3.63, 3.8) is 0 Å². The maximum absolute atomic E-state index is 10.7. The second kappa shape index (κ2) is 4.18. The standard InChI is InChI=1S/C8H6Cl3NO/c1-4(13)12-5-2-6(9)8(11)7(10)3-5/h2-3H,1H3,(H,12,13). The third-order valence-corrected chi connectivity index (χ3v) is 2.50. The summed E-state index contributed by atoms with van der Waals surface area (Å²) in [6, 6.07) is 3.08. The molecule has 2 nitrogen and oxygen atoms in total. The Morgan fingerprint density at radius 1 is 1.23 bits per heavy atom. The molecule has 1 aromatic carbocycles. The Kier molecular flexibility index (Phi) is 3.42. The second-order valence-electron chi connectivity index (χ2n) is 2.44. The van der Waals surface area contributed by atoms with Crippen molar-refractivity contribution in [2.45, 2.75) is 6.92 Å². The second-order valence-corrected chi connectivity index (χ2v) is 3.63. The first-order valence-corrected chi connectivity index (χ1v) is 4.56. The van der Waals surface area contributed by atoms with E-state index < -0.39 is 0 Å². The number of nitrogens with one attached hydrogen (secondary N) is 1. The van der Waals surface area contributed by atoms with Gasteiger partial charge in [-0.05, 0) is 12.1 Å². The minimum absolute atomic E-state index is 0.186. The Hall–Kier alpha value is -0.440. The van der Waals surface area contributed by atoms with Gasteiger partial charge in [0.25, 0.3) is 0 Å². The molecule has 70 valence electrons. The van der Waals surface area contributed by atoms with Gasteiger partial charge in [0.1, 0.15) is 0 Å². The maximum atomic E-state index is 10.7. The number of benzene rings is 1. The number of hydrogen-bond donors (Lipinski definition) is 1. The van der Waals surface area contributed by atoms with Crippen LogP contribution in [-0.2, 0) is 4.79 Å². The molecule has 0 saturated heterocycles. The summed E-state index contributed by atoms with van der Waals surface area (Å²) >= 11 is 17.2. The Bertz CT molecular complexity index is 328. The molecular weight excluding hydrogens is 232 g/mol. The van der Waals surface area contributed by atoms with Crippen molar-refractivity contribution in [1.29, 1.82) is 0 Å². The molecule has 1 rings (SSSR count). The van der Waals surface area contributed by atoms with Crippen LogP contribution in [0.3, 0.4) is 0 Å². The fourth-order valence-electron chi connectivity index (χ4n) is 0.831. The van der Waals surface area contributed by atoms with E-state index in [4.69, 9.17) is 34.8 Å². The summed E-state index contributed by atoms with van der Waals surface area (Å²) in [6.45, 7) is 1.40. The first-order chi connectivity index (χ1) is 6.00. The van der Waals surface area contributed by atoms with Crippen molar-refractivity contribution >= 4 is 46.4 Å². The molecule has 0 fully saturated rings. The minimum Gasteiger partial charge on any atom is -0.326 e. The highest BCUT2D eigenvalue weighted by Gasteiger charge is 2.06. The van der Waals surface area contributed by atoms with Crippen LogP contribution in [0.15, 0.2) is 12.1 Å². The summed E-state index contributed by atoms with van der Waals surface area (Å²) in [5.41, 5.74) is 0.534. The van der Waals surface area contributed by atoms with Crippen LogP contribution in [0.4, 0.5) is 5.69 Å². The van der Waals surface area contributed by atoms with E-state index >= 15 is 0 Å². The van der Waals surface area contributed by atoms with E-state index in [-0.39, 0.29) is 10.9 Å². The number of anilines is 1. The van der Waals surface area contributed by atoms with Crippen LogP contribution in [0.5, 0.6) is 0 Å². The molecular formula is C8H6Cl3NO. The van der Waals surface area contributed by atoms with Gasteiger partial charge in [-0.1, -0.05) is 34.8 Å². The zero-order valence-electron chi connectivity index (χ0n) is 6.70. The fourth-order valence-corrected chi connectivity index (χ4v) is 1.43. The quantitative estimate of drug-likeness (QED) is 0.744. The molecule has 1 amide bonds. The van der Waals surface area contributed by atoms with Crippen LogP contribution in [0.1, 0.15) is 6.92 Å². The number of rotatable bonds is 1. The number of halogens is 3. The van der Waals surface area contributed by atoms with Gasteiger partial charge in [-0.25, -0.2) is 0 Å². The van der Waals surface area contributed by atoms with Gasteiger partial charge in [0, 0.05) is 12.6 Å². The summed E-state index contributed by atoms with van der Waals surface area (Å²) in [5.74, 6) is -0.186. The summed E-state index contributed by atoms with van der Waals surface area (Å²) < 4.78 is 0. The fraction of sp³-hybridized carbons (Fsp3) is 0.125. The Labute approximate surface area is 90.8 Å². The molecule has 0 radical (unpaired) electrons. The summed E-state index contributed by atoms with van der Waals surface area (Å²) in [4.78, 5) is 10.7. The first-order valence-electron chi connectivity index (χ1n) is 3.43. The first kappa shape index (κ1) is 10.6. The van der Waals surface area contributed by atoms with E-state index in [0.29, 0.717) is 15.7 Å². The van der Waals surface area contributed by atoms with Gasteiger partial charge in [-0.3, -0.25) is 4.79 Å². The van der Waals surface area contributed by atoms with Crippen LogP contribution >= 0.6 is 34.8 Å². The van der Waals surface area contributed by atoms with Crippen LogP contribution in [-0.4, -0.2) is 5.91 Å². The van der Waals surface area contributed by atoms with Crippen molar-refractivity contribution in [3.8, 4) is 0 Å². The molecule has 0 heterocycles. The van der Waals surface area contributed by atoms with Crippen molar-refractivity contribution in [1.82, 2.24) is 0 Å². The average Bonchev–Trinajstić information content (AvgIpc) is 1.98. The third kappa shape index (κ3) is 2.76. The van der Waals surface area contributed by atoms with E-state index in [1.807, 2.05) is 0 Å². The SMILES string of the molecule is CC(=O)Nc1cc(Cl)c(Cl)c(Cl)c1. The van der Waals surface area contributed by atoms with E-state index in [2.05, 4.69) is 5.32 Å². The van der Waals surface area contributed by atoms with Crippen LogP contribution in [0, 0.1) is 0 Å². The third-order valence-electron chi connectivity index (χ3n) is 1.30. The van der Waals surface area contributed by atoms with Crippen LogP contribution < -0.4 is 5.32 Å². The van der Waals surface area contributed by atoms with E-state index in [0.717, 1.165) is 0 Å². The number of amides is 1. The van der Waals surface area contributed by atoms with E-state index in [9.17, 15) is 4.79 Å². The summed E-state index contributed by atoms with van der Waals surface area (Å²) in [6.07, 6.45) is 0. The van der Waals surface area contributed by atoms with Crippen molar-refractivity contribution in [3.05, 3.63) is 27.2 Å². The highest BCUT2D eigenvalue weighted by atomic mass is 35.5. The molecule has 0 bridgehead atoms. The number of hydrogen-bond acceptors (Lipinski definition) is 1. The smallest absolute Gasteiger partial charge is 0.221 e. The molecule has 0 saturated carbocycles. The molecule has 0 aliphatic rings. The monoisotopic (exact) mass is 237 g/mol. The van der Waals surface area contributed by atoms with E-state index in [1.54, 1.807) is 0 Å². The average molecular weight is 239 g/mol. The molecule has 0 spiro atoms. The molecule has 0 unspecified atom stereocenters. The van der Waals surface area contributed by atoms with Gasteiger partial charge in [-0.2, -0.15) is 0 Å². The molecule has 0 aliphatic carbocycles. The Morgan fingerprint density at radius 3 is 2.08 bits per heavy atom. The molecule has 1 N–H and O–H groups in total. The summed E-state index contributed by atoms with van der Waals surface area (Å²) in [7, 11) is 0. The lowest BCUT2D eigenvalue weighted by molar-refractivity contribution is -0.114. The molecule has 0 aliphatic heterocycles. The van der Waals surface area contributed by atoms with Gasteiger partial charge in [0.2, 0.25) is 5.91 Å². The normalized spacial score (nSPS) is 9.85. The van der Waals surface area contributed by atoms with Crippen molar-refractivity contribution in [2.24, 2.45) is 0 Å². The minimum atomic E-state index is -0.186. The lowest BCUT2D eigenvalue weighted by Crippen LogP contribution is -2.05. The van der Waals surface area contributed by atoms with Crippen LogP contribution in [0.25, 0.3) is 0 Å². The molecule has 1 aromatic rings. The largest absolute Gasteiger partial charge is 0.326 e. The molecule has 0 atom stereocenters. The van der Waals surface area contributed by atoms with Gasteiger partial charge < -0.3 is 5.32 Å². The predicted octanol–water partition coefficient (Wildman–Crippen LogP) is 3.61. The lowest BCUT2D eigenvalue weighted by atomic mass is 10.3. The van der Waals surface area contributed by atoms with E-state index in [1.165, 1.54) is 19.1 Å². The lowest BCUT2D eigenvalue weighted by Gasteiger charge is -2.05. The molecule has 13 heavy (non-hydrogen) atoms. The highest BCUT2D eigenvalue weighted by Crippen LogP contribution is 2.32. The van der Waals surface area contributed by atoms with Gasteiger partial charge in [0.05, 0.1) is 15.1 Å². The van der Waals surface area contributed by atoms with Gasteiger partial charge in [-0.15, -0.1) is 0 Å². The highest BCUT2D eigenvalue weighted by molar-refractivity contribution is 6.48. The zero-order valence-corrected chi connectivity index (χ0v) is 8.96. The summed E-state index contributed by atoms with van der Waals surface area (Å²) in [5, 5.41) is 3.47. The zero-order chi connectivity index (χ0) is 10.0. The van der Waals surface area contributed by atoms with Crippen molar-refractivity contribution in [2.75, 3.05) is 5.32 Å². The Balaban J connectivity index is 3.06. The molecule has 0 aromatic heterocycles.